The number of rotatable bonds is 5. The van der Waals surface area contributed by atoms with Crippen LogP contribution in [-0.2, 0) is 4.79 Å². The van der Waals surface area contributed by atoms with Crippen LogP contribution in [0.25, 0.3) is 28.1 Å². The highest BCUT2D eigenvalue weighted by Crippen LogP contribution is 2.40. The fourth-order valence-corrected chi connectivity index (χ4v) is 5.07. The molecular formula is C26H29N7O. The van der Waals surface area contributed by atoms with Gasteiger partial charge in [0.05, 0.1) is 12.2 Å². The number of benzene rings is 1. The van der Waals surface area contributed by atoms with Gasteiger partial charge in [0.1, 0.15) is 0 Å². The maximum absolute atomic E-state index is 11.7. The predicted octanol–water partition coefficient (Wildman–Crippen LogP) is 3.77. The van der Waals surface area contributed by atoms with Crippen molar-refractivity contribution >= 4 is 17.7 Å². The van der Waals surface area contributed by atoms with Gasteiger partial charge in [0.2, 0.25) is 5.91 Å². The molecule has 0 atom stereocenters. The lowest BCUT2D eigenvalue weighted by Gasteiger charge is -2.37. The van der Waals surface area contributed by atoms with Crippen LogP contribution in [-0.4, -0.2) is 44.5 Å². The number of aliphatic imine (C=N–C) groups is 1. The molecule has 1 saturated carbocycles. The number of carbonyl (C=O) groups is 1. The first-order valence-corrected chi connectivity index (χ1v) is 11.7. The molecule has 2 fully saturated rings. The molecule has 3 aromatic rings. The zero-order chi connectivity index (χ0) is 23.5. The number of hydrogen-bond acceptors (Lipinski definition) is 6. The first kappa shape index (κ1) is 22.0. The quantitative estimate of drug-likeness (QED) is 0.569. The summed E-state index contributed by atoms with van der Waals surface area (Å²) in [6, 6.07) is 8.30. The van der Waals surface area contributed by atoms with Gasteiger partial charge >= 0.3 is 0 Å². The van der Waals surface area contributed by atoms with Gasteiger partial charge in [0.15, 0.2) is 5.82 Å². The number of carbonyl (C=O) groups excluding carboxylic acids is 1. The molecule has 2 aromatic heterocycles. The molecule has 1 aromatic carbocycles. The van der Waals surface area contributed by atoms with E-state index in [-0.39, 0.29) is 11.4 Å². The van der Waals surface area contributed by atoms with Crippen LogP contribution in [0.4, 0.5) is 0 Å². The Kier molecular flexibility index (Phi) is 5.96. The minimum atomic E-state index is 0.0224. The number of hydrogen-bond donors (Lipinski definition) is 2. The van der Waals surface area contributed by atoms with Crippen molar-refractivity contribution in [3.8, 4) is 22.5 Å². The summed E-state index contributed by atoms with van der Waals surface area (Å²) in [5.41, 5.74) is 10.4. The summed E-state index contributed by atoms with van der Waals surface area (Å²) in [5, 5.41) is 7.84. The maximum atomic E-state index is 11.7. The van der Waals surface area contributed by atoms with Gasteiger partial charge in [-0.2, -0.15) is 5.10 Å². The average molecular weight is 456 g/mol. The van der Waals surface area contributed by atoms with Crippen molar-refractivity contribution in [2.45, 2.75) is 50.1 Å². The fourth-order valence-electron chi connectivity index (χ4n) is 5.07. The van der Waals surface area contributed by atoms with Crippen molar-refractivity contribution in [1.29, 1.82) is 0 Å². The number of nitrogens with two attached hydrogens (primary N) is 1. The van der Waals surface area contributed by atoms with Crippen LogP contribution in [0, 0.1) is 0 Å². The smallest absolute Gasteiger partial charge is 0.220 e. The highest BCUT2D eigenvalue weighted by atomic mass is 16.2. The summed E-state index contributed by atoms with van der Waals surface area (Å²) >= 11 is 0. The molecule has 1 amide bonds. The summed E-state index contributed by atoms with van der Waals surface area (Å²) in [7, 11) is 1.72. The Balaban J connectivity index is 1.29. The molecule has 1 aliphatic heterocycles. The summed E-state index contributed by atoms with van der Waals surface area (Å²) in [6.45, 7) is 0. The largest absolute Gasteiger partial charge is 0.404 e. The van der Waals surface area contributed by atoms with Crippen molar-refractivity contribution in [3.63, 3.8) is 0 Å². The van der Waals surface area contributed by atoms with Gasteiger partial charge < -0.3 is 11.1 Å². The van der Waals surface area contributed by atoms with E-state index in [1.807, 2.05) is 42.9 Å². The zero-order valence-electron chi connectivity index (χ0n) is 19.3. The van der Waals surface area contributed by atoms with Gasteiger partial charge in [-0.1, -0.05) is 18.2 Å². The van der Waals surface area contributed by atoms with Crippen LogP contribution in [0.2, 0.25) is 0 Å². The Morgan fingerprint density at radius 2 is 1.94 bits per heavy atom. The van der Waals surface area contributed by atoms with E-state index in [1.54, 1.807) is 19.5 Å². The topological polar surface area (TPSA) is 111 Å². The van der Waals surface area contributed by atoms with Gasteiger partial charge in [0, 0.05) is 72.3 Å². The summed E-state index contributed by atoms with van der Waals surface area (Å²) in [6.07, 6.45) is 16.6. The molecule has 3 heterocycles. The summed E-state index contributed by atoms with van der Waals surface area (Å²) in [4.78, 5) is 24.9. The van der Waals surface area contributed by atoms with Crippen molar-refractivity contribution in [2.75, 3.05) is 7.05 Å². The highest BCUT2D eigenvalue weighted by molar-refractivity contribution is 6.09. The van der Waals surface area contributed by atoms with Crippen LogP contribution in [0.5, 0.6) is 0 Å². The van der Waals surface area contributed by atoms with E-state index in [0.717, 1.165) is 59.9 Å². The average Bonchev–Trinajstić information content (AvgIpc) is 3.51. The van der Waals surface area contributed by atoms with Crippen molar-refractivity contribution in [3.05, 3.63) is 60.8 Å². The van der Waals surface area contributed by atoms with Crippen LogP contribution in [0.3, 0.4) is 0 Å². The molecule has 0 radical (unpaired) electrons. The Labute approximate surface area is 199 Å². The van der Waals surface area contributed by atoms with Crippen LogP contribution < -0.4 is 11.1 Å². The normalized spacial score (nSPS) is 23.0. The van der Waals surface area contributed by atoms with Gasteiger partial charge in [-0.25, -0.2) is 9.97 Å². The molecule has 2 aliphatic rings. The van der Waals surface area contributed by atoms with E-state index in [2.05, 4.69) is 36.3 Å². The highest BCUT2D eigenvalue weighted by Gasteiger charge is 2.41. The standard InChI is InChI=1S/C26H29N7O/c1-28-13-20(12-27)18-3-2-4-19(11-18)25-29-14-21(15-30-25)22-16-31-33(17-22)23-5-8-26(9-6-23)10-7-24(34)32-26/h2-4,11-17,23H,5-10,27H2,1H3,(H,32,34)/b20-12+,28-13?. The molecular weight excluding hydrogens is 426 g/mol. The molecule has 0 bridgehead atoms. The third-order valence-electron chi connectivity index (χ3n) is 7.01. The van der Waals surface area contributed by atoms with Gasteiger partial charge in [-0.05, 0) is 43.7 Å². The number of nitrogens with one attached hydrogen (secondary N) is 1. The first-order valence-electron chi connectivity index (χ1n) is 11.7. The van der Waals surface area contributed by atoms with Crippen molar-refractivity contribution in [1.82, 2.24) is 25.1 Å². The monoisotopic (exact) mass is 455 g/mol. The Bertz CT molecular complexity index is 1230. The van der Waals surface area contributed by atoms with Crippen molar-refractivity contribution < 1.29 is 4.79 Å². The summed E-state index contributed by atoms with van der Waals surface area (Å²) in [5.74, 6) is 0.847. The Morgan fingerprint density at radius 1 is 1.15 bits per heavy atom. The molecule has 1 aliphatic carbocycles. The molecule has 1 saturated heterocycles. The molecule has 5 rings (SSSR count). The number of aromatic nitrogens is 4. The molecule has 174 valence electrons. The molecule has 0 unspecified atom stereocenters. The van der Waals surface area contributed by atoms with Crippen LogP contribution in [0.15, 0.2) is 60.2 Å². The second kappa shape index (κ2) is 9.21. The van der Waals surface area contributed by atoms with E-state index in [9.17, 15) is 4.79 Å². The number of allylic oxidation sites excluding steroid dienone is 1. The molecule has 8 nitrogen and oxygen atoms in total. The van der Waals surface area contributed by atoms with Crippen LogP contribution >= 0.6 is 0 Å². The van der Waals surface area contributed by atoms with E-state index >= 15 is 0 Å². The number of nitrogens with zero attached hydrogens (tertiary/aromatic N) is 5. The number of amides is 1. The van der Waals surface area contributed by atoms with E-state index in [4.69, 9.17) is 5.73 Å². The van der Waals surface area contributed by atoms with Gasteiger partial charge in [-0.15, -0.1) is 0 Å². The lowest BCUT2D eigenvalue weighted by molar-refractivity contribution is -0.120. The molecule has 1 spiro atoms. The van der Waals surface area contributed by atoms with Crippen molar-refractivity contribution in [2.24, 2.45) is 10.7 Å². The second-order valence-electron chi connectivity index (χ2n) is 9.15. The minimum absolute atomic E-state index is 0.0224. The lowest BCUT2D eigenvalue weighted by Crippen LogP contribution is -2.44. The summed E-state index contributed by atoms with van der Waals surface area (Å²) < 4.78 is 2.06. The van der Waals surface area contributed by atoms with E-state index in [1.165, 1.54) is 0 Å². The maximum Gasteiger partial charge on any atom is 0.220 e. The van der Waals surface area contributed by atoms with Gasteiger partial charge in [0.25, 0.3) is 0 Å². The third-order valence-corrected chi connectivity index (χ3v) is 7.01. The molecule has 8 heteroatoms. The molecule has 34 heavy (non-hydrogen) atoms. The second-order valence-corrected chi connectivity index (χ2v) is 9.15. The third kappa shape index (κ3) is 4.35. The zero-order valence-corrected chi connectivity index (χ0v) is 19.3. The Morgan fingerprint density at radius 3 is 2.62 bits per heavy atom. The fraction of sp³-hybridized carbons (Fsp3) is 0.346. The van der Waals surface area contributed by atoms with Gasteiger partial charge in [-0.3, -0.25) is 14.5 Å². The van der Waals surface area contributed by atoms with E-state index < -0.39 is 0 Å². The van der Waals surface area contributed by atoms with Crippen LogP contribution in [0.1, 0.15) is 50.1 Å². The van der Waals surface area contributed by atoms with E-state index in [0.29, 0.717) is 18.3 Å². The predicted molar refractivity (Wildman–Crippen MR) is 133 cm³/mol. The Hall–Kier alpha value is -3.81. The SMILES string of the molecule is CN=C/C(=C\N)c1cccc(-c2ncc(-c3cnn(C4CCC5(CCC(=O)N5)CC4)c3)cn2)c1. The first-order chi connectivity index (χ1) is 16.6. The molecule has 3 N–H and O–H groups in total. The lowest BCUT2D eigenvalue weighted by atomic mass is 9.78. The minimum Gasteiger partial charge on any atom is -0.404 e.